The molecule has 0 aliphatic rings. The monoisotopic (exact) mass is 352 g/mol. The summed E-state index contributed by atoms with van der Waals surface area (Å²) in [6.45, 7) is 0. The van der Waals surface area contributed by atoms with Crippen LogP contribution in [0, 0.1) is 0 Å². The molecule has 4 N–H and O–H groups in total. The zero-order valence-electron chi connectivity index (χ0n) is 16.3. The Morgan fingerprint density at radius 2 is 0.654 bits per heavy atom. The van der Waals surface area contributed by atoms with E-state index in [0.717, 1.165) is 11.4 Å². The van der Waals surface area contributed by atoms with Gasteiger partial charge in [0.05, 0.1) is 0 Å². The van der Waals surface area contributed by atoms with Crippen molar-refractivity contribution in [1.29, 1.82) is 0 Å². The number of unbranched alkanes of at least 4 members (excludes halogenated alkanes) is 9. The standard InChI is InChI=1S/C24H36N2/c25-23-17-13-21(14-18-23)11-9-7-5-3-1-2-4-6-8-10-12-22-15-19-24(26)20-16-22/h13-20H,1-12,25-26H2. The number of nitrogen functional groups attached to an aromatic ring is 2. The van der Waals surface area contributed by atoms with Crippen molar-refractivity contribution in [2.45, 2.75) is 77.0 Å². The van der Waals surface area contributed by atoms with Gasteiger partial charge in [0.1, 0.15) is 0 Å². The van der Waals surface area contributed by atoms with Crippen LogP contribution in [0.1, 0.15) is 75.3 Å². The van der Waals surface area contributed by atoms with Crippen LogP contribution in [-0.4, -0.2) is 0 Å². The van der Waals surface area contributed by atoms with Gasteiger partial charge in [0, 0.05) is 11.4 Å². The molecule has 0 saturated heterocycles. The van der Waals surface area contributed by atoms with Crippen molar-refractivity contribution in [2.24, 2.45) is 0 Å². The molecule has 0 heterocycles. The fourth-order valence-electron chi connectivity index (χ4n) is 3.44. The second kappa shape index (κ2) is 12.4. The summed E-state index contributed by atoms with van der Waals surface area (Å²) in [7, 11) is 0. The maximum atomic E-state index is 5.72. The van der Waals surface area contributed by atoms with Crippen molar-refractivity contribution in [1.82, 2.24) is 0 Å². The Kier molecular flexibility index (Phi) is 9.71. The van der Waals surface area contributed by atoms with Gasteiger partial charge in [0.2, 0.25) is 0 Å². The fourth-order valence-corrected chi connectivity index (χ4v) is 3.44. The molecule has 2 heteroatoms. The van der Waals surface area contributed by atoms with Gasteiger partial charge in [-0.25, -0.2) is 0 Å². The summed E-state index contributed by atoms with van der Waals surface area (Å²) in [5.41, 5.74) is 16.0. The molecule has 2 aromatic carbocycles. The van der Waals surface area contributed by atoms with Gasteiger partial charge in [-0.05, 0) is 61.1 Å². The normalized spacial score (nSPS) is 10.9. The molecule has 0 aliphatic carbocycles. The summed E-state index contributed by atoms with van der Waals surface area (Å²) in [6, 6.07) is 16.6. The Balaban J connectivity index is 1.35. The first-order chi connectivity index (χ1) is 12.7. The van der Waals surface area contributed by atoms with Crippen LogP contribution in [0.25, 0.3) is 0 Å². The number of rotatable bonds is 13. The molecule has 0 bridgehead atoms. The summed E-state index contributed by atoms with van der Waals surface area (Å²) < 4.78 is 0. The lowest BCUT2D eigenvalue weighted by atomic mass is 10.0. The van der Waals surface area contributed by atoms with E-state index in [2.05, 4.69) is 24.3 Å². The van der Waals surface area contributed by atoms with Gasteiger partial charge in [-0.1, -0.05) is 75.6 Å². The third-order valence-electron chi connectivity index (χ3n) is 5.14. The first kappa shape index (κ1) is 20.4. The number of aryl methyl sites for hydroxylation is 2. The van der Waals surface area contributed by atoms with Crippen LogP contribution < -0.4 is 11.5 Å². The van der Waals surface area contributed by atoms with Crippen molar-refractivity contribution in [2.75, 3.05) is 11.5 Å². The second-order valence-electron chi connectivity index (χ2n) is 7.52. The highest BCUT2D eigenvalue weighted by Crippen LogP contribution is 2.14. The van der Waals surface area contributed by atoms with Gasteiger partial charge in [-0.15, -0.1) is 0 Å². The third kappa shape index (κ3) is 8.94. The number of anilines is 2. The Bertz CT molecular complexity index is 531. The van der Waals surface area contributed by atoms with Gasteiger partial charge in [-0.2, -0.15) is 0 Å². The van der Waals surface area contributed by atoms with Crippen LogP contribution in [0.2, 0.25) is 0 Å². The van der Waals surface area contributed by atoms with Gasteiger partial charge in [-0.3, -0.25) is 0 Å². The van der Waals surface area contributed by atoms with Crippen molar-refractivity contribution in [3.63, 3.8) is 0 Å². The lowest BCUT2D eigenvalue weighted by Gasteiger charge is -2.04. The highest BCUT2D eigenvalue weighted by molar-refractivity contribution is 5.39. The first-order valence-electron chi connectivity index (χ1n) is 10.4. The lowest BCUT2D eigenvalue weighted by Crippen LogP contribution is -1.89. The number of hydrogen-bond donors (Lipinski definition) is 2. The van der Waals surface area contributed by atoms with Gasteiger partial charge in [0.25, 0.3) is 0 Å². The summed E-state index contributed by atoms with van der Waals surface area (Å²) in [4.78, 5) is 0. The molecule has 0 atom stereocenters. The highest BCUT2D eigenvalue weighted by Gasteiger charge is 1.97. The molecule has 0 fully saturated rings. The van der Waals surface area contributed by atoms with E-state index < -0.39 is 0 Å². The molecular formula is C24H36N2. The average Bonchev–Trinajstić information content (AvgIpc) is 2.65. The van der Waals surface area contributed by atoms with E-state index in [1.165, 1.54) is 88.2 Å². The Morgan fingerprint density at radius 3 is 0.962 bits per heavy atom. The third-order valence-corrected chi connectivity index (χ3v) is 5.14. The van der Waals surface area contributed by atoms with Crippen LogP contribution in [0.4, 0.5) is 11.4 Å². The fraction of sp³-hybridized carbons (Fsp3) is 0.500. The topological polar surface area (TPSA) is 52.0 Å². The van der Waals surface area contributed by atoms with Crippen LogP contribution >= 0.6 is 0 Å². The molecule has 0 amide bonds. The van der Waals surface area contributed by atoms with Crippen LogP contribution in [0.5, 0.6) is 0 Å². The molecule has 2 rings (SSSR count). The van der Waals surface area contributed by atoms with E-state index in [1.807, 2.05) is 24.3 Å². The quantitative estimate of drug-likeness (QED) is 0.318. The highest BCUT2D eigenvalue weighted by atomic mass is 14.5. The minimum atomic E-state index is 0.860. The minimum Gasteiger partial charge on any atom is -0.399 e. The summed E-state index contributed by atoms with van der Waals surface area (Å²) in [6.07, 6.45) is 16.0. The van der Waals surface area contributed by atoms with Crippen LogP contribution in [0.15, 0.2) is 48.5 Å². The number of hydrogen-bond acceptors (Lipinski definition) is 2. The maximum absolute atomic E-state index is 5.72. The van der Waals surface area contributed by atoms with Crippen molar-refractivity contribution >= 4 is 11.4 Å². The van der Waals surface area contributed by atoms with E-state index in [-0.39, 0.29) is 0 Å². The Labute approximate surface area is 160 Å². The first-order valence-corrected chi connectivity index (χ1v) is 10.4. The molecule has 0 radical (unpaired) electrons. The van der Waals surface area contributed by atoms with Gasteiger partial charge in [0.15, 0.2) is 0 Å². The molecule has 0 spiro atoms. The Hall–Kier alpha value is -1.96. The van der Waals surface area contributed by atoms with E-state index in [0.29, 0.717) is 0 Å². The lowest BCUT2D eigenvalue weighted by molar-refractivity contribution is 0.551. The molecular weight excluding hydrogens is 316 g/mol. The van der Waals surface area contributed by atoms with Crippen LogP contribution in [-0.2, 0) is 12.8 Å². The van der Waals surface area contributed by atoms with Crippen molar-refractivity contribution in [3.8, 4) is 0 Å². The number of nitrogens with two attached hydrogens (primary N) is 2. The van der Waals surface area contributed by atoms with E-state index in [9.17, 15) is 0 Å². The predicted octanol–water partition coefficient (Wildman–Crippen LogP) is 6.54. The zero-order chi connectivity index (χ0) is 18.5. The smallest absolute Gasteiger partial charge is 0.0314 e. The molecule has 142 valence electrons. The average molecular weight is 353 g/mol. The molecule has 2 aromatic rings. The van der Waals surface area contributed by atoms with E-state index >= 15 is 0 Å². The molecule has 0 saturated carbocycles. The summed E-state index contributed by atoms with van der Waals surface area (Å²) >= 11 is 0. The predicted molar refractivity (Wildman–Crippen MR) is 115 cm³/mol. The SMILES string of the molecule is Nc1ccc(CCCCCCCCCCCCc2ccc(N)cc2)cc1. The summed E-state index contributed by atoms with van der Waals surface area (Å²) in [5.74, 6) is 0. The second-order valence-corrected chi connectivity index (χ2v) is 7.52. The number of benzene rings is 2. The van der Waals surface area contributed by atoms with E-state index in [1.54, 1.807) is 0 Å². The molecule has 0 aromatic heterocycles. The van der Waals surface area contributed by atoms with Gasteiger partial charge < -0.3 is 11.5 Å². The summed E-state index contributed by atoms with van der Waals surface area (Å²) in [5, 5.41) is 0. The molecule has 2 nitrogen and oxygen atoms in total. The molecule has 0 aliphatic heterocycles. The van der Waals surface area contributed by atoms with Crippen molar-refractivity contribution in [3.05, 3.63) is 59.7 Å². The maximum Gasteiger partial charge on any atom is 0.0314 e. The van der Waals surface area contributed by atoms with Crippen molar-refractivity contribution < 1.29 is 0 Å². The minimum absolute atomic E-state index is 0.860. The van der Waals surface area contributed by atoms with Gasteiger partial charge >= 0.3 is 0 Å². The molecule has 26 heavy (non-hydrogen) atoms. The Morgan fingerprint density at radius 1 is 0.385 bits per heavy atom. The van der Waals surface area contributed by atoms with E-state index in [4.69, 9.17) is 11.5 Å². The van der Waals surface area contributed by atoms with Crippen LogP contribution in [0.3, 0.4) is 0 Å². The zero-order valence-corrected chi connectivity index (χ0v) is 16.3. The molecule has 0 unspecified atom stereocenters. The largest absolute Gasteiger partial charge is 0.399 e.